The van der Waals surface area contributed by atoms with Crippen molar-refractivity contribution in [2.75, 3.05) is 0 Å². The van der Waals surface area contributed by atoms with Crippen molar-refractivity contribution >= 4 is 0 Å². The molecule has 0 aliphatic heterocycles. The number of fused-ring (bicyclic) bond motifs is 1. The lowest BCUT2D eigenvalue weighted by atomic mass is 9.78. The molecule has 0 radical (unpaired) electrons. The summed E-state index contributed by atoms with van der Waals surface area (Å²) in [6, 6.07) is 27.4. The topological polar surface area (TPSA) is 35.2 Å². The molecule has 2 N–H and O–H groups in total. The van der Waals surface area contributed by atoms with Gasteiger partial charge in [0.2, 0.25) is 0 Å². The molecule has 4 rings (SSSR count). The summed E-state index contributed by atoms with van der Waals surface area (Å²) < 4.78 is 6.26. The van der Waals surface area contributed by atoms with Gasteiger partial charge in [-0.05, 0) is 40.8 Å². The normalized spacial score (nSPS) is 19.2. The third kappa shape index (κ3) is 3.02. The molecule has 132 valence electrons. The Labute approximate surface area is 155 Å². The average molecular weight is 343 g/mol. The zero-order chi connectivity index (χ0) is 18.1. The molecule has 1 aliphatic rings. The Bertz CT molecular complexity index is 884. The Hall–Kier alpha value is -2.58. The van der Waals surface area contributed by atoms with Gasteiger partial charge in [0, 0.05) is 11.5 Å². The predicted octanol–water partition coefficient (Wildman–Crippen LogP) is 5.02. The Morgan fingerprint density at radius 1 is 0.808 bits per heavy atom. The molecule has 0 bridgehead atoms. The molecule has 0 aromatic heterocycles. The summed E-state index contributed by atoms with van der Waals surface area (Å²) in [6.45, 7) is 4.50. The SMILES string of the molecule is CC(C)(c1ccccc1)c1ccc(O[C@@H]2c3ccccc3C[C@@H]2N)cc1. The molecule has 0 amide bonds. The molecule has 0 saturated heterocycles. The Kier molecular flexibility index (Phi) is 4.29. The van der Waals surface area contributed by atoms with Crippen LogP contribution in [0.25, 0.3) is 0 Å². The second kappa shape index (κ2) is 6.62. The minimum atomic E-state index is -0.0702. The molecule has 0 spiro atoms. The summed E-state index contributed by atoms with van der Waals surface area (Å²) in [5, 5.41) is 0. The molecule has 2 atom stereocenters. The van der Waals surface area contributed by atoms with Crippen LogP contribution < -0.4 is 10.5 Å². The van der Waals surface area contributed by atoms with Gasteiger partial charge < -0.3 is 10.5 Å². The van der Waals surface area contributed by atoms with E-state index in [0.717, 1.165) is 12.2 Å². The monoisotopic (exact) mass is 343 g/mol. The average Bonchev–Trinajstić information content (AvgIpc) is 2.98. The largest absolute Gasteiger partial charge is 0.484 e. The molecule has 3 aromatic rings. The van der Waals surface area contributed by atoms with E-state index >= 15 is 0 Å². The van der Waals surface area contributed by atoms with E-state index < -0.39 is 0 Å². The highest BCUT2D eigenvalue weighted by Crippen LogP contribution is 2.36. The first-order valence-corrected chi connectivity index (χ1v) is 9.22. The lowest BCUT2D eigenvalue weighted by Gasteiger charge is -2.26. The van der Waals surface area contributed by atoms with Crippen molar-refractivity contribution in [3.63, 3.8) is 0 Å². The fourth-order valence-corrected chi connectivity index (χ4v) is 3.86. The van der Waals surface area contributed by atoms with Gasteiger partial charge in [-0.3, -0.25) is 0 Å². The van der Waals surface area contributed by atoms with Crippen LogP contribution in [0.3, 0.4) is 0 Å². The van der Waals surface area contributed by atoms with E-state index in [4.69, 9.17) is 10.5 Å². The molecular formula is C24H25NO. The van der Waals surface area contributed by atoms with Crippen LogP contribution in [0, 0.1) is 0 Å². The fourth-order valence-electron chi connectivity index (χ4n) is 3.86. The minimum Gasteiger partial charge on any atom is -0.484 e. The van der Waals surface area contributed by atoms with Crippen LogP contribution in [-0.4, -0.2) is 6.04 Å². The minimum absolute atomic E-state index is 0.00726. The lowest BCUT2D eigenvalue weighted by Crippen LogP contribution is -2.28. The zero-order valence-electron chi connectivity index (χ0n) is 15.4. The van der Waals surface area contributed by atoms with Gasteiger partial charge in [-0.2, -0.15) is 0 Å². The number of ether oxygens (including phenoxy) is 1. The van der Waals surface area contributed by atoms with Crippen molar-refractivity contribution in [1.82, 2.24) is 0 Å². The van der Waals surface area contributed by atoms with Crippen molar-refractivity contribution in [3.05, 3.63) is 101 Å². The van der Waals surface area contributed by atoms with Crippen molar-refractivity contribution < 1.29 is 4.74 Å². The Morgan fingerprint density at radius 3 is 2.15 bits per heavy atom. The summed E-state index contributed by atoms with van der Waals surface area (Å²) in [7, 11) is 0. The second-order valence-corrected chi connectivity index (χ2v) is 7.62. The van der Waals surface area contributed by atoms with Gasteiger partial charge in [0.15, 0.2) is 0 Å². The molecule has 2 heteroatoms. The van der Waals surface area contributed by atoms with Crippen LogP contribution in [0.5, 0.6) is 5.75 Å². The van der Waals surface area contributed by atoms with E-state index in [1.807, 2.05) is 0 Å². The smallest absolute Gasteiger partial charge is 0.139 e. The highest BCUT2D eigenvalue weighted by Gasteiger charge is 2.31. The maximum absolute atomic E-state index is 6.33. The van der Waals surface area contributed by atoms with E-state index in [2.05, 4.69) is 92.7 Å². The van der Waals surface area contributed by atoms with Crippen LogP contribution in [0.15, 0.2) is 78.9 Å². The molecule has 0 heterocycles. The van der Waals surface area contributed by atoms with Gasteiger partial charge in [-0.15, -0.1) is 0 Å². The molecule has 2 nitrogen and oxygen atoms in total. The van der Waals surface area contributed by atoms with Crippen LogP contribution in [0.1, 0.15) is 42.2 Å². The first kappa shape index (κ1) is 16.9. The first-order valence-electron chi connectivity index (χ1n) is 9.22. The molecule has 0 saturated carbocycles. The first-order chi connectivity index (χ1) is 12.6. The molecule has 0 unspecified atom stereocenters. The molecule has 1 aliphatic carbocycles. The molecular weight excluding hydrogens is 318 g/mol. The van der Waals surface area contributed by atoms with Gasteiger partial charge in [0.25, 0.3) is 0 Å². The molecule has 26 heavy (non-hydrogen) atoms. The van der Waals surface area contributed by atoms with Crippen LogP contribution in [0.4, 0.5) is 0 Å². The van der Waals surface area contributed by atoms with Crippen molar-refractivity contribution in [3.8, 4) is 5.75 Å². The van der Waals surface area contributed by atoms with Crippen molar-refractivity contribution in [1.29, 1.82) is 0 Å². The van der Waals surface area contributed by atoms with Gasteiger partial charge in [0.1, 0.15) is 11.9 Å². The van der Waals surface area contributed by atoms with Gasteiger partial charge in [-0.25, -0.2) is 0 Å². The van der Waals surface area contributed by atoms with E-state index in [1.54, 1.807) is 0 Å². The quantitative estimate of drug-likeness (QED) is 0.722. The summed E-state index contributed by atoms with van der Waals surface area (Å²) in [4.78, 5) is 0. The number of hydrogen-bond acceptors (Lipinski definition) is 2. The summed E-state index contributed by atoms with van der Waals surface area (Å²) in [5.74, 6) is 0.870. The lowest BCUT2D eigenvalue weighted by molar-refractivity contribution is 0.186. The van der Waals surface area contributed by atoms with Crippen molar-refractivity contribution in [2.45, 2.75) is 37.8 Å². The Balaban J connectivity index is 1.56. The number of benzene rings is 3. The van der Waals surface area contributed by atoms with Crippen LogP contribution in [-0.2, 0) is 11.8 Å². The maximum Gasteiger partial charge on any atom is 0.139 e. The highest BCUT2D eigenvalue weighted by molar-refractivity contribution is 5.41. The zero-order valence-corrected chi connectivity index (χ0v) is 15.4. The number of rotatable bonds is 4. The van der Waals surface area contributed by atoms with E-state index in [-0.39, 0.29) is 17.6 Å². The Morgan fingerprint density at radius 2 is 1.42 bits per heavy atom. The fraction of sp³-hybridized carbons (Fsp3) is 0.250. The summed E-state index contributed by atoms with van der Waals surface area (Å²) >= 11 is 0. The van der Waals surface area contributed by atoms with Crippen LogP contribution in [0.2, 0.25) is 0 Å². The van der Waals surface area contributed by atoms with E-state index in [9.17, 15) is 0 Å². The van der Waals surface area contributed by atoms with Gasteiger partial charge in [-0.1, -0.05) is 80.6 Å². The number of nitrogens with two attached hydrogens (primary N) is 1. The molecule has 3 aromatic carbocycles. The molecule has 0 fully saturated rings. The third-order valence-electron chi connectivity index (χ3n) is 5.54. The summed E-state index contributed by atoms with van der Waals surface area (Å²) in [5.41, 5.74) is 11.4. The third-order valence-corrected chi connectivity index (χ3v) is 5.54. The van der Waals surface area contributed by atoms with E-state index in [1.165, 1.54) is 22.3 Å². The van der Waals surface area contributed by atoms with Gasteiger partial charge >= 0.3 is 0 Å². The standard InChI is InChI=1S/C24H25NO/c1-24(2,18-9-4-3-5-10-18)19-12-14-20(15-13-19)26-23-21-11-7-6-8-17(21)16-22(23)25/h3-15,22-23H,16,25H2,1-2H3/t22-,23+/m0/s1. The van der Waals surface area contributed by atoms with Gasteiger partial charge in [0.05, 0.1) is 0 Å². The van der Waals surface area contributed by atoms with Crippen LogP contribution >= 0.6 is 0 Å². The number of hydrogen-bond donors (Lipinski definition) is 1. The summed E-state index contributed by atoms with van der Waals surface area (Å²) in [6.07, 6.45) is 0.805. The van der Waals surface area contributed by atoms with Crippen molar-refractivity contribution in [2.24, 2.45) is 5.73 Å². The predicted molar refractivity (Wildman–Crippen MR) is 107 cm³/mol. The highest BCUT2D eigenvalue weighted by atomic mass is 16.5. The van der Waals surface area contributed by atoms with E-state index in [0.29, 0.717) is 0 Å². The maximum atomic E-state index is 6.33. The second-order valence-electron chi connectivity index (χ2n) is 7.62.